The van der Waals surface area contributed by atoms with E-state index >= 15 is 0 Å². The van der Waals surface area contributed by atoms with Crippen LogP contribution in [-0.2, 0) is 99.5 Å². The van der Waals surface area contributed by atoms with Gasteiger partial charge in [0.1, 0.15) is 13.2 Å². The highest BCUT2D eigenvalue weighted by Crippen LogP contribution is 1.90. The summed E-state index contributed by atoms with van der Waals surface area (Å²) in [6.07, 6.45) is 10.2. The Kier molecular flexibility index (Phi) is 62.6. The number of hydrogen-bond donors (Lipinski definition) is 0. The second-order valence-corrected chi connectivity index (χ2v) is 13.1. The maximum absolute atomic E-state index is 5.51. The monoisotopic (exact) mass is 975 g/mol. The van der Waals surface area contributed by atoms with Gasteiger partial charge in [0.05, 0.1) is 264 Å². The predicted octanol–water partition coefficient (Wildman–Crippen LogP) is 0.601. The molecule has 0 unspecified atom stereocenters. The van der Waals surface area contributed by atoms with E-state index in [1.165, 1.54) is 0 Å². The molecule has 0 bridgehead atoms. The Morgan fingerprint density at radius 2 is 0.209 bits per heavy atom. The van der Waals surface area contributed by atoms with E-state index in [1.54, 1.807) is 0 Å². The molecule has 0 atom stereocenters. The van der Waals surface area contributed by atoms with Gasteiger partial charge in [0, 0.05) is 0 Å². The normalized spacial score (nSPS) is 11.4. The van der Waals surface area contributed by atoms with Crippen molar-refractivity contribution in [2.45, 2.75) is 0 Å². The average molecular weight is 975 g/mol. The molecule has 0 rings (SSSR count). The molecule has 0 saturated carbocycles. The van der Waals surface area contributed by atoms with Crippen LogP contribution in [0.1, 0.15) is 0 Å². The molecule has 0 radical (unpaired) electrons. The fraction of sp³-hybridized carbons (Fsp3) is 0.913. The van der Waals surface area contributed by atoms with Crippen LogP contribution in [0.4, 0.5) is 0 Å². The molecule has 21 nitrogen and oxygen atoms in total. The molecule has 0 aliphatic rings. The standard InChI is InChI=1S/C46H86O21/c1-3-5-47-7-9-49-11-13-51-15-17-53-19-21-55-23-25-57-27-29-59-31-33-61-35-37-63-39-41-65-43-45-67-46-44-66-42-40-64-38-36-62-34-32-60-30-28-58-26-24-56-22-20-54-18-16-52-14-12-50-10-8-48-6-4-2/h1-2H,5-46H2. The van der Waals surface area contributed by atoms with Crippen molar-refractivity contribution in [2.75, 3.05) is 277 Å². The molecule has 0 aliphatic heterocycles. The Morgan fingerprint density at radius 3 is 0.284 bits per heavy atom. The van der Waals surface area contributed by atoms with Crippen LogP contribution in [0, 0.1) is 24.7 Å². The molecular formula is C46H86O21. The first kappa shape index (κ1) is 65.3. The summed E-state index contributed by atoms with van der Waals surface area (Å²) in [6, 6.07) is 0. The van der Waals surface area contributed by atoms with Crippen molar-refractivity contribution in [2.24, 2.45) is 0 Å². The third-order valence-electron chi connectivity index (χ3n) is 7.81. The van der Waals surface area contributed by atoms with E-state index in [0.717, 1.165) is 0 Å². The zero-order chi connectivity index (χ0) is 48.0. The molecule has 0 N–H and O–H groups in total. The lowest BCUT2D eigenvalue weighted by Gasteiger charge is -2.09. The van der Waals surface area contributed by atoms with Gasteiger partial charge in [0.25, 0.3) is 0 Å². The minimum atomic E-state index is 0.301. The summed E-state index contributed by atoms with van der Waals surface area (Å²) in [6.45, 7) is 20.4. The molecule has 0 amide bonds. The highest BCUT2D eigenvalue weighted by atomic mass is 16.6. The van der Waals surface area contributed by atoms with Crippen molar-refractivity contribution in [3.05, 3.63) is 0 Å². The lowest BCUT2D eigenvalue weighted by atomic mass is 10.6. The summed E-state index contributed by atoms with van der Waals surface area (Å²) >= 11 is 0. The van der Waals surface area contributed by atoms with Gasteiger partial charge < -0.3 is 99.5 Å². The van der Waals surface area contributed by atoms with Crippen molar-refractivity contribution < 1.29 is 99.5 Å². The molecule has 0 aliphatic carbocycles. The first-order chi connectivity index (χ1) is 33.4. The lowest BCUT2D eigenvalue weighted by molar-refractivity contribution is -0.0315. The maximum Gasteiger partial charge on any atom is 0.107 e. The molecule has 0 saturated heterocycles. The minimum absolute atomic E-state index is 0.301. The summed E-state index contributed by atoms with van der Waals surface area (Å²) in [5.74, 6) is 4.80. The third kappa shape index (κ3) is 64.3. The van der Waals surface area contributed by atoms with Gasteiger partial charge in [-0.2, -0.15) is 0 Å². The van der Waals surface area contributed by atoms with Crippen molar-refractivity contribution >= 4 is 0 Å². The quantitative estimate of drug-likeness (QED) is 0.0607. The Bertz CT molecular complexity index is 901. The van der Waals surface area contributed by atoms with Crippen LogP contribution < -0.4 is 0 Å². The van der Waals surface area contributed by atoms with E-state index in [0.29, 0.717) is 277 Å². The summed E-state index contributed by atoms with van der Waals surface area (Å²) in [5.41, 5.74) is 0. The zero-order valence-corrected chi connectivity index (χ0v) is 40.4. The second-order valence-electron chi connectivity index (χ2n) is 13.1. The first-order valence-electron chi connectivity index (χ1n) is 23.4. The summed E-state index contributed by atoms with van der Waals surface area (Å²) in [7, 11) is 0. The lowest BCUT2D eigenvalue weighted by Crippen LogP contribution is -2.16. The molecule has 0 aromatic rings. The number of rotatable bonds is 62. The Balaban J connectivity index is 3.07. The fourth-order valence-corrected chi connectivity index (χ4v) is 4.56. The first-order valence-corrected chi connectivity index (χ1v) is 23.4. The minimum Gasteiger partial charge on any atom is -0.377 e. The fourth-order valence-electron chi connectivity index (χ4n) is 4.56. The van der Waals surface area contributed by atoms with Crippen molar-refractivity contribution in [3.8, 4) is 24.7 Å². The summed E-state index contributed by atoms with van der Waals surface area (Å²) in [5, 5.41) is 0. The van der Waals surface area contributed by atoms with Crippen LogP contribution >= 0.6 is 0 Å². The average Bonchev–Trinajstić information content (AvgIpc) is 3.34. The van der Waals surface area contributed by atoms with Crippen LogP contribution in [-0.4, -0.2) is 277 Å². The molecule has 0 fully saturated rings. The van der Waals surface area contributed by atoms with Crippen molar-refractivity contribution in [1.29, 1.82) is 0 Å². The van der Waals surface area contributed by atoms with Crippen molar-refractivity contribution in [3.63, 3.8) is 0 Å². The zero-order valence-electron chi connectivity index (χ0n) is 40.4. The topological polar surface area (TPSA) is 194 Å². The van der Waals surface area contributed by atoms with Gasteiger partial charge in [0.15, 0.2) is 0 Å². The Labute approximate surface area is 401 Å². The van der Waals surface area contributed by atoms with Gasteiger partial charge in [-0.25, -0.2) is 0 Å². The Hall–Kier alpha value is -1.72. The highest BCUT2D eigenvalue weighted by Gasteiger charge is 1.99. The smallest absolute Gasteiger partial charge is 0.107 e. The van der Waals surface area contributed by atoms with Crippen LogP contribution in [0.15, 0.2) is 0 Å². The van der Waals surface area contributed by atoms with Gasteiger partial charge in [-0.1, -0.05) is 11.8 Å². The second kappa shape index (κ2) is 64.3. The number of terminal acetylenes is 2. The molecule has 0 spiro atoms. The molecule has 0 aromatic carbocycles. The van der Waals surface area contributed by atoms with Gasteiger partial charge >= 0.3 is 0 Å². The van der Waals surface area contributed by atoms with Crippen LogP contribution in [0.3, 0.4) is 0 Å². The molecule has 396 valence electrons. The molecule has 0 aromatic heterocycles. The van der Waals surface area contributed by atoms with Gasteiger partial charge in [-0.15, -0.1) is 12.8 Å². The molecular weight excluding hydrogens is 888 g/mol. The maximum atomic E-state index is 5.51. The predicted molar refractivity (Wildman–Crippen MR) is 245 cm³/mol. The van der Waals surface area contributed by atoms with E-state index < -0.39 is 0 Å². The SMILES string of the molecule is C#CCOCCOCCOCCOCCOCCOCCOCCOCCOCCOCCOCCOCCOCCOCCOCCOCCOCCOCCOCCOCCOCC#C. The summed E-state index contributed by atoms with van der Waals surface area (Å²) < 4.78 is 114. The van der Waals surface area contributed by atoms with Crippen LogP contribution in [0.5, 0.6) is 0 Å². The van der Waals surface area contributed by atoms with Gasteiger partial charge in [-0.3, -0.25) is 0 Å². The van der Waals surface area contributed by atoms with Gasteiger partial charge in [-0.05, 0) is 0 Å². The van der Waals surface area contributed by atoms with E-state index in [2.05, 4.69) is 11.8 Å². The third-order valence-corrected chi connectivity index (χ3v) is 7.81. The van der Waals surface area contributed by atoms with Crippen LogP contribution in [0.2, 0.25) is 0 Å². The largest absolute Gasteiger partial charge is 0.377 e. The number of ether oxygens (including phenoxy) is 21. The molecule has 21 heteroatoms. The van der Waals surface area contributed by atoms with Gasteiger partial charge in [0.2, 0.25) is 0 Å². The van der Waals surface area contributed by atoms with E-state index in [-0.39, 0.29) is 0 Å². The molecule has 67 heavy (non-hydrogen) atoms. The number of hydrogen-bond acceptors (Lipinski definition) is 21. The van der Waals surface area contributed by atoms with E-state index in [1.807, 2.05) is 0 Å². The van der Waals surface area contributed by atoms with Crippen LogP contribution in [0.25, 0.3) is 0 Å². The van der Waals surface area contributed by atoms with E-state index in [9.17, 15) is 0 Å². The summed E-state index contributed by atoms with van der Waals surface area (Å²) in [4.78, 5) is 0. The molecule has 0 heterocycles. The van der Waals surface area contributed by atoms with Crippen molar-refractivity contribution in [1.82, 2.24) is 0 Å². The van der Waals surface area contributed by atoms with E-state index in [4.69, 9.17) is 112 Å². The Morgan fingerprint density at radius 1 is 0.134 bits per heavy atom. The highest BCUT2D eigenvalue weighted by molar-refractivity contribution is 4.83.